The molecule has 10 rings (SSSR count). The van der Waals surface area contributed by atoms with E-state index in [1.807, 2.05) is 11.3 Å². The molecule has 0 radical (unpaired) electrons. The van der Waals surface area contributed by atoms with Crippen molar-refractivity contribution >= 4 is 70.1 Å². The van der Waals surface area contributed by atoms with Crippen molar-refractivity contribution in [1.29, 1.82) is 0 Å². The topological polar surface area (TPSA) is 3.24 Å². The SMILES string of the molecule is c1ccc(-c2ccc(N(c3ccc(-c4cccc5ccccc45)cc3)c3ccccc3-c3cccc4ccc5sc6ccccc6c5c34)cc2)cc1. The molecule has 0 aliphatic rings. The van der Waals surface area contributed by atoms with Crippen molar-refractivity contribution in [2.45, 2.75) is 0 Å². The van der Waals surface area contributed by atoms with Crippen LogP contribution in [0.4, 0.5) is 17.1 Å². The van der Waals surface area contributed by atoms with Gasteiger partial charge in [-0.05, 0) is 91.8 Å². The molecule has 0 saturated heterocycles. The van der Waals surface area contributed by atoms with E-state index in [0.717, 1.165) is 17.1 Å². The van der Waals surface area contributed by atoms with Crippen LogP contribution < -0.4 is 4.90 Å². The average Bonchev–Trinajstić information content (AvgIpc) is 3.61. The van der Waals surface area contributed by atoms with Crippen molar-refractivity contribution in [3.63, 3.8) is 0 Å². The monoisotopic (exact) mass is 679 g/mol. The second-order valence-corrected chi connectivity index (χ2v) is 14.4. The molecule has 0 atom stereocenters. The van der Waals surface area contributed by atoms with Gasteiger partial charge in [-0.2, -0.15) is 0 Å². The lowest BCUT2D eigenvalue weighted by Gasteiger charge is -2.28. The standard InChI is InChI=1S/C50H33NS/c1-2-12-34(13-3-1)35-24-29-39(30-25-35)51(40-31-26-37(27-32-40)42-20-10-15-36-14-4-5-17-41(36)42)46-22-8-6-18-43(46)44-21-11-16-38-28-33-48-50(49(38)44)45-19-7-9-23-47(45)52-48/h1-33H. The van der Waals surface area contributed by atoms with Gasteiger partial charge in [0.05, 0.1) is 5.69 Å². The first-order valence-corrected chi connectivity index (χ1v) is 18.6. The number of nitrogens with zero attached hydrogens (tertiary/aromatic N) is 1. The Kier molecular flexibility index (Phi) is 7.41. The number of para-hydroxylation sites is 1. The molecule has 0 bridgehead atoms. The van der Waals surface area contributed by atoms with Crippen LogP contribution in [0.15, 0.2) is 200 Å². The van der Waals surface area contributed by atoms with E-state index in [1.54, 1.807) is 0 Å². The molecule has 244 valence electrons. The Bertz CT molecular complexity index is 2880. The number of anilines is 3. The predicted molar refractivity (Wildman–Crippen MR) is 225 cm³/mol. The highest BCUT2D eigenvalue weighted by Crippen LogP contribution is 2.47. The van der Waals surface area contributed by atoms with Crippen LogP contribution in [-0.4, -0.2) is 0 Å². The highest BCUT2D eigenvalue weighted by molar-refractivity contribution is 7.26. The van der Waals surface area contributed by atoms with Gasteiger partial charge in [-0.25, -0.2) is 0 Å². The minimum Gasteiger partial charge on any atom is -0.310 e. The molecule has 1 nitrogen and oxygen atoms in total. The zero-order chi connectivity index (χ0) is 34.4. The second-order valence-electron chi connectivity index (χ2n) is 13.3. The summed E-state index contributed by atoms with van der Waals surface area (Å²) in [7, 11) is 0. The molecular weight excluding hydrogens is 647 g/mol. The number of thiophene rings is 1. The molecule has 2 heteroatoms. The first-order valence-electron chi connectivity index (χ1n) is 17.8. The van der Waals surface area contributed by atoms with E-state index in [2.05, 4.69) is 205 Å². The third-order valence-corrected chi connectivity index (χ3v) is 11.4. The lowest BCUT2D eigenvalue weighted by atomic mass is 9.93. The Balaban J connectivity index is 1.18. The summed E-state index contributed by atoms with van der Waals surface area (Å²) < 4.78 is 2.63. The number of rotatable bonds is 6. The van der Waals surface area contributed by atoms with Crippen LogP contribution in [0.3, 0.4) is 0 Å². The van der Waals surface area contributed by atoms with Gasteiger partial charge < -0.3 is 4.90 Å². The van der Waals surface area contributed by atoms with E-state index in [0.29, 0.717) is 0 Å². The van der Waals surface area contributed by atoms with Gasteiger partial charge in [0.1, 0.15) is 0 Å². The normalized spacial score (nSPS) is 11.5. The fourth-order valence-electron chi connectivity index (χ4n) is 7.84. The summed E-state index contributed by atoms with van der Waals surface area (Å²) in [4.78, 5) is 2.42. The lowest BCUT2D eigenvalue weighted by Crippen LogP contribution is -2.11. The summed E-state index contributed by atoms with van der Waals surface area (Å²) in [6.07, 6.45) is 0. The minimum absolute atomic E-state index is 1.11. The van der Waals surface area contributed by atoms with E-state index in [9.17, 15) is 0 Å². The summed E-state index contributed by atoms with van der Waals surface area (Å²) >= 11 is 1.87. The molecule has 0 aliphatic heterocycles. The fraction of sp³-hybridized carbons (Fsp3) is 0. The molecule has 0 unspecified atom stereocenters. The highest BCUT2D eigenvalue weighted by atomic mass is 32.1. The molecular formula is C50H33NS. The van der Waals surface area contributed by atoms with Gasteiger partial charge in [0.25, 0.3) is 0 Å². The minimum atomic E-state index is 1.11. The molecule has 0 fully saturated rings. The molecule has 0 spiro atoms. The van der Waals surface area contributed by atoms with Crippen molar-refractivity contribution < 1.29 is 0 Å². The second kappa shape index (κ2) is 12.7. The molecule has 52 heavy (non-hydrogen) atoms. The van der Waals surface area contributed by atoms with Gasteiger partial charge in [-0.1, -0.05) is 158 Å². The van der Waals surface area contributed by atoms with Crippen molar-refractivity contribution in [3.8, 4) is 33.4 Å². The van der Waals surface area contributed by atoms with Crippen LogP contribution in [0.25, 0.3) is 75.1 Å². The third kappa shape index (κ3) is 5.16. The molecule has 0 amide bonds. The summed E-state index contributed by atoms with van der Waals surface area (Å²) in [6.45, 7) is 0. The Morgan fingerprint density at radius 2 is 0.885 bits per heavy atom. The molecule has 0 saturated carbocycles. The molecule has 1 aromatic heterocycles. The van der Waals surface area contributed by atoms with E-state index >= 15 is 0 Å². The van der Waals surface area contributed by atoms with Crippen molar-refractivity contribution in [2.24, 2.45) is 0 Å². The maximum absolute atomic E-state index is 2.42. The Hall–Kier alpha value is -6.48. The Labute approximate surface area is 307 Å². The maximum atomic E-state index is 2.42. The number of hydrogen-bond donors (Lipinski definition) is 0. The maximum Gasteiger partial charge on any atom is 0.0540 e. The highest BCUT2D eigenvalue weighted by Gasteiger charge is 2.20. The van der Waals surface area contributed by atoms with E-state index in [-0.39, 0.29) is 0 Å². The lowest BCUT2D eigenvalue weighted by molar-refractivity contribution is 1.28. The fourth-order valence-corrected chi connectivity index (χ4v) is 8.96. The van der Waals surface area contributed by atoms with Crippen LogP contribution in [0, 0.1) is 0 Å². The van der Waals surface area contributed by atoms with Gasteiger partial charge >= 0.3 is 0 Å². The summed E-state index contributed by atoms with van der Waals surface area (Å²) in [5, 5.41) is 7.72. The zero-order valence-corrected chi connectivity index (χ0v) is 29.2. The van der Waals surface area contributed by atoms with Crippen molar-refractivity contribution in [2.75, 3.05) is 4.90 Å². The largest absolute Gasteiger partial charge is 0.310 e. The average molecular weight is 680 g/mol. The zero-order valence-electron chi connectivity index (χ0n) is 28.4. The van der Waals surface area contributed by atoms with Gasteiger partial charge in [0, 0.05) is 37.1 Å². The van der Waals surface area contributed by atoms with E-state index < -0.39 is 0 Å². The number of benzene rings is 9. The van der Waals surface area contributed by atoms with Crippen LogP contribution in [-0.2, 0) is 0 Å². The van der Waals surface area contributed by atoms with Crippen LogP contribution in [0.1, 0.15) is 0 Å². The number of hydrogen-bond acceptors (Lipinski definition) is 2. The quantitative estimate of drug-likeness (QED) is 0.169. The van der Waals surface area contributed by atoms with Gasteiger partial charge in [-0.3, -0.25) is 0 Å². The molecule has 10 aromatic rings. The van der Waals surface area contributed by atoms with Gasteiger partial charge in [-0.15, -0.1) is 11.3 Å². The summed E-state index contributed by atoms with van der Waals surface area (Å²) in [5.74, 6) is 0. The molecule has 1 heterocycles. The molecule has 9 aromatic carbocycles. The Morgan fingerprint density at radius 1 is 0.308 bits per heavy atom. The van der Waals surface area contributed by atoms with Crippen LogP contribution >= 0.6 is 11.3 Å². The summed E-state index contributed by atoms with van der Waals surface area (Å²) in [6, 6.07) is 72.9. The predicted octanol–water partition coefficient (Wildman–Crippen LogP) is 14.8. The number of fused-ring (bicyclic) bond motifs is 6. The van der Waals surface area contributed by atoms with Crippen molar-refractivity contribution in [3.05, 3.63) is 200 Å². The first-order chi connectivity index (χ1) is 25.8. The van der Waals surface area contributed by atoms with E-state index in [1.165, 1.54) is 75.1 Å². The third-order valence-electron chi connectivity index (χ3n) is 10.3. The van der Waals surface area contributed by atoms with Crippen molar-refractivity contribution in [1.82, 2.24) is 0 Å². The Morgan fingerprint density at radius 3 is 1.69 bits per heavy atom. The smallest absolute Gasteiger partial charge is 0.0540 e. The van der Waals surface area contributed by atoms with E-state index in [4.69, 9.17) is 0 Å². The van der Waals surface area contributed by atoms with Gasteiger partial charge in [0.15, 0.2) is 0 Å². The summed E-state index contributed by atoms with van der Waals surface area (Å²) in [5.41, 5.74) is 10.6. The van der Waals surface area contributed by atoms with Crippen LogP contribution in [0.5, 0.6) is 0 Å². The van der Waals surface area contributed by atoms with Gasteiger partial charge in [0.2, 0.25) is 0 Å². The molecule has 0 N–H and O–H groups in total. The first kappa shape index (κ1) is 30.4. The van der Waals surface area contributed by atoms with Crippen LogP contribution in [0.2, 0.25) is 0 Å². The molecule has 0 aliphatic carbocycles.